The number of amides is 2. The number of benzene rings is 3. The molecule has 3 aromatic carbocycles. The summed E-state index contributed by atoms with van der Waals surface area (Å²) < 4.78 is 39.8. The van der Waals surface area contributed by atoms with Crippen LogP contribution in [0.25, 0.3) is 0 Å². The predicted octanol–water partition coefficient (Wildman–Crippen LogP) is 5.19. The molecule has 42 heavy (non-hydrogen) atoms. The first-order valence-electron chi connectivity index (χ1n) is 13.3. The van der Waals surface area contributed by atoms with Gasteiger partial charge in [0.25, 0.3) is 10.0 Å². The molecule has 11 heteroatoms. The van der Waals surface area contributed by atoms with E-state index in [4.69, 9.17) is 21.1 Å². The summed E-state index contributed by atoms with van der Waals surface area (Å²) in [7, 11) is -1.41. The molecule has 3 aromatic rings. The van der Waals surface area contributed by atoms with Gasteiger partial charge in [-0.2, -0.15) is 0 Å². The van der Waals surface area contributed by atoms with Gasteiger partial charge in [-0.3, -0.25) is 13.9 Å². The summed E-state index contributed by atoms with van der Waals surface area (Å²) >= 11 is 6.06. The van der Waals surface area contributed by atoms with E-state index in [2.05, 4.69) is 5.32 Å². The molecule has 0 aromatic heterocycles. The molecule has 0 bridgehead atoms. The fourth-order valence-electron chi connectivity index (χ4n) is 4.19. The van der Waals surface area contributed by atoms with Crippen LogP contribution in [0, 0.1) is 6.92 Å². The van der Waals surface area contributed by atoms with Crippen LogP contribution in [0.1, 0.15) is 38.8 Å². The molecule has 0 aliphatic carbocycles. The van der Waals surface area contributed by atoms with Crippen LogP contribution in [0.2, 0.25) is 5.02 Å². The van der Waals surface area contributed by atoms with E-state index in [9.17, 15) is 18.0 Å². The zero-order valence-corrected chi connectivity index (χ0v) is 26.5. The van der Waals surface area contributed by atoms with E-state index in [1.54, 1.807) is 55.5 Å². The van der Waals surface area contributed by atoms with Gasteiger partial charge in [-0.1, -0.05) is 41.4 Å². The number of methoxy groups -OCH3 is 2. The zero-order valence-electron chi connectivity index (χ0n) is 25.0. The molecule has 1 unspecified atom stereocenters. The Labute approximate surface area is 253 Å². The number of ether oxygens (including phenoxy) is 2. The molecule has 3 rings (SSSR count). The molecule has 0 saturated heterocycles. The predicted molar refractivity (Wildman–Crippen MR) is 165 cm³/mol. The van der Waals surface area contributed by atoms with E-state index < -0.39 is 34.1 Å². The van der Waals surface area contributed by atoms with Gasteiger partial charge in [-0.05, 0) is 76.6 Å². The van der Waals surface area contributed by atoms with Crippen molar-refractivity contribution in [2.24, 2.45) is 0 Å². The number of rotatable bonds is 11. The Morgan fingerprint density at radius 3 is 2.07 bits per heavy atom. The highest BCUT2D eigenvalue weighted by atomic mass is 35.5. The number of sulfonamides is 1. The minimum atomic E-state index is -4.27. The Morgan fingerprint density at radius 2 is 1.52 bits per heavy atom. The number of halogens is 1. The van der Waals surface area contributed by atoms with Gasteiger partial charge in [0.05, 0.1) is 24.8 Å². The summed E-state index contributed by atoms with van der Waals surface area (Å²) in [5.74, 6) is -0.339. The topological polar surface area (TPSA) is 105 Å². The van der Waals surface area contributed by atoms with Gasteiger partial charge in [0.1, 0.15) is 12.6 Å². The first-order chi connectivity index (χ1) is 19.7. The van der Waals surface area contributed by atoms with Crippen LogP contribution in [-0.4, -0.2) is 57.5 Å². The fraction of sp³-hybridized carbons (Fsp3) is 0.355. The Morgan fingerprint density at radius 1 is 0.929 bits per heavy atom. The van der Waals surface area contributed by atoms with Gasteiger partial charge >= 0.3 is 0 Å². The molecule has 0 radical (unpaired) electrons. The summed E-state index contributed by atoms with van der Waals surface area (Å²) in [6, 6.07) is 17.0. The van der Waals surface area contributed by atoms with Gasteiger partial charge in [0, 0.05) is 23.2 Å². The second-order valence-corrected chi connectivity index (χ2v) is 13.2. The van der Waals surface area contributed by atoms with Crippen molar-refractivity contribution < 1.29 is 27.5 Å². The van der Waals surface area contributed by atoms with Crippen molar-refractivity contribution in [1.29, 1.82) is 0 Å². The fourth-order valence-corrected chi connectivity index (χ4v) is 5.74. The second-order valence-electron chi connectivity index (χ2n) is 10.9. The molecule has 9 nitrogen and oxygen atoms in total. The van der Waals surface area contributed by atoms with Crippen molar-refractivity contribution in [3.63, 3.8) is 0 Å². The molecule has 1 N–H and O–H groups in total. The molecule has 0 fully saturated rings. The summed E-state index contributed by atoms with van der Waals surface area (Å²) in [4.78, 5) is 28.5. The molecule has 0 aliphatic rings. The van der Waals surface area contributed by atoms with Crippen LogP contribution in [0.3, 0.4) is 0 Å². The minimum absolute atomic E-state index is 0.0624. The van der Waals surface area contributed by atoms with E-state index >= 15 is 0 Å². The highest BCUT2D eigenvalue weighted by Crippen LogP contribution is 2.32. The number of carbonyl (C=O) groups excluding carboxylic acids is 2. The number of nitrogens with zero attached hydrogens (tertiary/aromatic N) is 2. The van der Waals surface area contributed by atoms with Crippen molar-refractivity contribution in [3.05, 3.63) is 82.9 Å². The number of aryl methyl sites for hydroxylation is 1. The van der Waals surface area contributed by atoms with E-state index in [1.807, 2.05) is 27.7 Å². The summed E-state index contributed by atoms with van der Waals surface area (Å²) in [6.45, 7) is 8.54. The average molecular weight is 616 g/mol. The molecular weight excluding hydrogens is 578 g/mol. The normalized spacial score (nSPS) is 12.3. The standard InChI is InChI=1S/C31H38ClN3O6S/c1-21-8-14-25(15-9-21)35(42(38,39)26-16-17-27(40-6)28(18-26)41-7)20-29(36)34(19-23-10-12-24(32)13-11-23)22(2)30(37)33-31(3,4)5/h8-18,22H,19-20H2,1-7H3,(H,33,37). The monoisotopic (exact) mass is 615 g/mol. The van der Waals surface area contributed by atoms with Gasteiger partial charge in [0.2, 0.25) is 11.8 Å². The lowest BCUT2D eigenvalue weighted by Crippen LogP contribution is -2.54. The Kier molecular flexibility index (Phi) is 10.5. The van der Waals surface area contributed by atoms with Crippen LogP contribution in [0.15, 0.2) is 71.6 Å². The van der Waals surface area contributed by atoms with E-state index in [-0.39, 0.29) is 23.1 Å². The SMILES string of the molecule is COc1ccc(S(=O)(=O)N(CC(=O)N(Cc2ccc(Cl)cc2)C(C)C(=O)NC(C)(C)C)c2ccc(C)cc2)cc1OC. The molecule has 0 heterocycles. The van der Waals surface area contributed by atoms with Gasteiger partial charge in [0.15, 0.2) is 11.5 Å². The van der Waals surface area contributed by atoms with Gasteiger partial charge in [-0.15, -0.1) is 0 Å². The lowest BCUT2D eigenvalue weighted by molar-refractivity contribution is -0.140. The maximum atomic E-state index is 14.1. The summed E-state index contributed by atoms with van der Waals surface area (Å²) in [5, 5.41) is 3.44. The number of carbonyl (C=O) groups is 2. The van der Waals surface area contributed by atoms with Crippen LogP contribution < -0.4 is 19.1 Å². The number of nitrogens with one attached hydrogen (secondary N) is 1. The molecule has 0 spiro atoms. The Bertz CT molecular complexity index is 1500. The van der Waals surface area contributed by atoms with Crippen LogP contribution in [-0.2, 0) is 26.2 Å². The molecule has 226 valence electrons. The second kappa shape index (κ2) is 13.5. The lowest BCUT2D eigenvalue weighted by atomic mass is 10.1. The van der Waals surface area contributed by atoms with E-state index in [0.717, 1.165) is 15.4 Å². The van der Waals surface area contributed by atoms with Crippen LogP contribution >= 0.6 is 11.6 Å². The van der Waals surface area contributed by atoms with Crippen molar-refractivity contribution in [2.75, 3.05) is 25.1 Å². The number of anilines is 1. The smallest absolute Gasteiger partial charge is 0.264 e. The maximum absolute atomic E-state index is 14.1. The molecule has 0 saturated carbocycles. The third kappa shape index (κ3) is 8.17. The Hall–Kier alpha value is -3.76. The van der Waals surface area contributed by atoms with E-state index in [1.165, 1.54) is 37.3 Å². The molecule has 2 amide bonds. The lowest BCUT2D eigenvalue weighted by Gasteiger charge is -2.33. The first-order valence-corrected chi connectivity index (χ1v) is 15.2. The Balaban J connectivity index is 2.07. The van der Waals surface area contributed by atoms with Crippen molar-refractivity contribution >= 4 is 39.1 Å². The van der Waals surface area contributed by atoms with Crippen LogP contribution in [0.5, 0.6) is 11.5 Å². The first kappa shape index (κ1) is 32.8. The van der Waals surface area contributed by atoms with Gasteiger partial charge in [-0.25, -0.2) is 8.42 Å². The zero-order chi connectivity index (χ0) is 31.2. The minimum Gasteiger partial charge on any atom is -0.493 e. The van der Waals surface area contributed by atoms with Crippen LogP contribution in [0.4, 0.5) is 5.69 Å². The number of hydrogen-bond acceptors (Lipinski definition) is 6. The number of hydrogen-bond donors (Lipinski definition) is 1. The molecular formula is C31H38ClN3O6S. The molecule has 0 aliphatic heterocycles. The van der Waals surface area contributed by atoms with E-state index in [0.29, 0.717) is 16.5 Å². The maximum Gasteiger partial charge on any atom is 0.264 e. The highest BCUT2D eigenvalue weighted by Gasteiger charge is 2.33. The third-order valence-corrected chi connectivity index (χ3v) is 8.50. The highest BCUT2D eigenvalue weighted by molar-refractivity contribution is 7.92. The average Bonchev–Trinajstić information content (AvgIpc) is 2.94. The summed E-state index contributed by atoms with van der Waals surface area (Å²) in [6.07, 6.45) is 0. The van der Waals surface area contributed by atoms with Crippen molar-refractivity contribution in [2.45, 2.75) is 57.6 Å². The van der Waals surface area contributed by atoms with Crippen molar-refractivity contribution in [3.8, 4) is 11.5 Å². The quantitative estimate of drug-likeness (QED) is 0.318. The molecule has 1 atom stereocenters. The summed E-state index contributed by atoms with van der Waals surface area (Å²) in [5.41, 5.74) is 1.41. The largest absolute Gasteiger partial charge is 0.493 e. The third-order valence-electron chi connectivity index (χ3n) is 6.48. The van der Waals surface area contributed by atoms with Crippen molar-refractivity contribution in [1.82, 2.24) is 10.2 Å². The van der Waals surface area contributed by atoms with Gasteiger partial charge < -0.3 is 19.7 Å².